The van der Waals surface area contributed by atoms with Gasteiger partial charge in [0.1, 0.15) is 0 Å². The molecule has 0 spiro atoms. The van der Waals surface area contributed by atoms with Crippen molar-refractivity contribution in [1.29, 1.82) is 0 Å². The van der Waals surface area contributed by atoms with Crippen LogP contribution in [0.5, 0.6) is 0 Å². The van der Waals surface area contributed by atoms with Crippen molar-refractivity contribution in [2.24, 2.45) is 0 Å². The van der Waals surface area contributed by atoms with Gasteiger partial charge in [-0.25, -0.2) is 0 Å². The van der Waals surface area contributed by atoms with Crippen LogP contribution < -0.4 is 0 Å². The predicted molar refractivity (Wildman–Crippen MR) is 75.7 cm³/mol. The van der Waals surface area contributed by atoms with Gasteiger partial charge in [0.15, 0.2) is 0 Å². The van der Waals surface area contributed by atoms with E-state index in [0.29, 0.717) is 0 Å². The van der Waals surface area contributed by atoms with Gasteiger partial charge in [-0.2, -0.15) is 0 Å². The first kappa shape index (κ1) is 15.8. The van der Waals surface area contributed by atoms with Crippen LogP contribution in [-0.4, -0.2) is 30.2 Å². The van der Waals surface area contributed by atoms with Crippen molar-refractivity contribution in [1.82, 2.24) is 0 Å². The summed E-state index contributed by atoms with van der Waals surface area (Å²) in [4.78, 5) is 10.3. The molecule has 0 atom stereocenters. The fourth-order valence-electron chi connectivity index (χ4n) is 0.941. The van der Waals surface area contributed by atoms with E-state index < -0.39 is 25.4 Å². The summed E-state index contributed by atoms with van der Waals surface area (Å²) in [7, 11) is -7.45. The molecule has 0 aliphatic carbocycles. The topological polar surface area (TPSA) is 38.7 Å². The normalized spacial score (nSPS) is 13.3. The molecule has 0 rings (SSSR count). The average molecular weight is 275 g/mol. The van der Waals surface area contributed by atoms with Gasteiger partial charge in [-0.1, -0.05) is 18.0 Å². The van der Waals surface area contributed by atoms with Crippen molar-refractivity contribution in [2.45, 2.75) is 26.2 Å². The van der Waals surface area contributed by atoms with Gasteiger partial charge in [-0.15, -0.1) is 13.2 Å². The molecule has 16 heavy (non-hydrogen) atoms. The fourth-order valence-corrected chi connectivity index (χ4v) is 8.85. The largest absolute Gasteiger partial charge is 0.505 e. The van der Waals surface area contributed by atoms with Crippen molar-refractivity contribution in [3.05, 3.63) is 36.8 Å². The summed E-state index contributed by atoms with van der Waals surface area (Å²) in [6.45, 7) is 18.8. The fraction of sp³-hybridized carbons (Fsp3) is 0.400. The molecule has 0 heterocycles. The molecule has 0 radical (unpaired) electrons. The van der Waals surface area contributed by atoms with E-state index in [9.17, 15) is 4.80 Å². The Morgan fingerprint density at radius 3 is 1.31 bits per heavy atom. The molecule has 0 aromatic rings. The molecule has 0 amide bonds. The maximum Gasteiger partial charge on any atom is 0.505 e. The summed E-state index contributed by atoms with van der Waals surface area (Å²) in [6, 6.07) is 0. The van der Waals surface area contributed by atoms with Crippen molar-refractivity contribution < 1.29 is 13.0 Å². The molecule has 0 aromatic heterocycles. The highest BCUT2D eigenvalue weighted by Crippen LogP contribution is 2.20. The molecule has 0 bridgehead atoms. The van der Waals surface area contributed by atoms with Crippen LogP contribution in [0.3, 0.4) is 0 Å². The second-order valence-corrected chi connectivity index (χ2v) is 15.2. The Labute approximate surface area is 102 Å². The lowest BCUT2D eigenvalue weighted by atomic mass is 11.3. The van der Waals surface area contributed by atoms with E-state index in [2.05, 4.69) is 19.7 Å². The predicted octanol–water partition coefficient (Wildman–Crippen LogP) is 2.54. The van der Waals surface area contributed by atoms with Crippen LogP contribution in [0.1, 0.15) is 0 Å². The molecule has 3 nitrogen and oxygen atoms in total. The van der Waals surface area contributed by atoms with Crippen molar-refractivity contribution in [3.63, 3.8) is 0 Å². The smallest absolute Gasteiger partial charge is 0.409 e. The molecular formula is C10H22O3Si3. The van der Waals surface area contributed by atoms with Crippen LogP contribution in [-0.2, 0) is 8.23 Å². The molecule has 0 aromatic carbocycles. The molecule has 0 aliphatic heterocycles. The van der Waals surface area contributed by atoms with Crippen LogP contribution in [0.2, 0.25) is 26.2 Å². The van der Waals surface area contributed by atoms with Crippen LogP contribution in [0.4, 0.5) is 0 Å². The van der Waals surface area contributed by atoms with Crippen molar-refractivity contribution in [2.75, 3.05) is 0 Å². The minimum atomic E-state index is -3.29. The molecule has 0 fully saturated rings. The number of hydrogen-bond acceptors (Lipinski definition) is 3. The SMILES string of the molecule is C=C[Si](C)(C)O[Si](O)(C=C)O[Si](C)(C)C=C. The molecule has 0 saturated carbocycles. The maximum atomic E-state index is 10.3. The van der Waals surface area contributed by atoms with Crippen LogP contribution in [0.15, 0.2) is 36.8 Å². The third kappa shape index (κ3) is 5.19. The molecule has 0 saturated heterocycles. The zero-order chi connectivity index (χ0) is 13.0. The summed E-state index contributed by atoms with van der Waals surface area (Å²) < 4.78 is 11.4. The lowest BCUT2D eigenvalue weighted by molar-refractivity contribution is 0.266. The van der Waals surface area contributed by atoms with Gasteiger partial charge in [0.2, 0.25) is 16.6 Å². The van der Waals surface area contributed by atoms with E-state index in [-0.39, 0.29) is 0 Å². The first-order valence-electron chi connectivity index (χ1n) is 5.13. The van der Waals surface area contributed by atoms with Crippen molar-refractivity contribution >= 4 is 25.4 Å². The monoisotopic (exact) mass is 274 g/mol. The van der Waals surface area contributed by atoms with Gasteiger partial charge in [0, 0.05) is 0 Å². The number of hydrogen-bond donors (Lipinski definition) is 1. The third-order valence-corrected chi connectivity index (χ3v) is 11.1. The first-order valence-corrected chi connectivity index (χ1v) is 12.9. The summed E-state index contributed by atoms with van der Waals surface area (Å²) >= 11 is 0. The van der Waals surface area contributed by atoms with E-state index in [1.54, 1.807) is 11.4 Å². The molecule has 0 aliphatic rings. The van der Waals surface area contributed by atoms with Gasteiger partial charge in [0.25, 0.3) is 0 Å². The molecule has 92 valence electrons. The quantitative estimate of drug-likeness (QED) is 0.725. The summed E-state index contributed by atoms with van der Waals surface area (Å²) in [6.07, 6.45) is 0. The summed E-state index contributed by atoms with van der Waals surface area (Å²) in [5.41, 5.74) is 4.93. The van der Waals surface area contributed by atoms with Crippen LogP contribution >= 0.6 is 0 Å². The number of rotatable bonds is 7. The third-order valence-electron chi connectivity index (χ3n) is 2.06. The molecule has 1 N–H and O–H groups in total. The summed E-state index contributed by atoms with van der Waals surface area (Å²) in [5.74, 6) is 0. The Balaban J connectivity index is 4.86. The lowest BCUT2D eigenvalue weighted by Crippen LogP contribution is -2.54. The van der Waals surface area contributed by atoms with E-state index in [0.717, 1.165) is 0 Å². The second kappa shape index (κ2) is 5.39. The standard InChI is InChI=1S/C10H22O3Si3/c1-8-14(4,5)12-16(11,10-3)13-15(6,7)9-2/h8-11H,1-3H2,4-7H3. The Bertz CT molecular complexity index is 265. The van der Waals surface area contributed by atoms with E-state index in [1.165, 1.54) is 5.70 Å². The zero-order valence-corrected chi connectivity index (χ0v) is 13.6. The van der Waals surface area contributed by atoms with E-state index in [4.69, 9.17) is 8.23 Å². The highest BCUT2D eigenvalue weighted by atomic mass is 28.5. The average Bonchev–Trinajstić information content (AvgIpc) is 2.16. The van der Waals surface area contributed by atoms with Gasteiger partial charge in [0.05, 0.1) is 0 Å². The van der Waals surface area contributed by atoms with Gasteiger partial charge in [-0.05, 0) is 31.9 Å². The first-order chi connectivity index (χ1) is 7.10. The highest BCUT2D eigenvalue weighted by Gasteiger charge is 2.43. The zero-order valence-electron chi connectivity index (χ0n) is 10.6. The Morgan fingerprint density at radius 1 is 0.812 bits per heavy atom. The highest BCUT2D eigenvalue weighted by molar-refractivity contribution is 6.90. The Morgan fingerprint density at radius 2 is 1.12 bits per heavy atom. The maximum absolute atomic E-state index is 10.3. The lowest BCUT2D eigenvalue weighted by Gasteiger charge is -2.34. The Hall–Kier alpha value is -0.249. The second-order valence-electron chi connectivity index (χ2n) is 4.65. The van der Waals surface area contributed by atoms with E-state index >= 15 is 0 Å². The van der Waals surface area contributed by atoms with Crippen LogP contribution in [0, 0.1) is 0 Å². The van der Waals surface area contributed by atoms with Gasteiger partial charge >= 0.3 is 8.80 Å². The molecule has 0 unspecified atom stereocenters. The Kier molecular flexibility index (Phi) is 5.30. The van der Waals surface area contributed by atoms with Crippen molar-refractivity contribution in [3.8, 4) is 0 Å². The van der Waals surface area contributed by atoms with Gasteiger partial charge < -0.3 is 13.0 Å². The van der Waals surface area contributed by atoms with E-state index in [1.807, 2.05) is 26.2 Å². The van der Waals surface area contributed by atoms with Crippen LogP contribution in [0.25, 0.3) is 0 Å². The summed E-state index contributed by atoms with van der Waals surface area (Å²) in [5, 5.41) is 0. The molecular weight excluding hydrogens is 252 g/mol. The minimum Gasteiger partial charge on any atom is -0.409 e. The van der Waals surface area contributed by atoms with Gasteiger partial charge in [-0.3, -0.25) is 0 Å². The molecule has 6 heteroatoms. The minimum absolute atomic E-state index is 1.41.